The minimum absolute atomic E-state index is 0.0701. The Morgan fingerprint density at radius 3 is 2.58 bits per heavy atom. The molecule has 24 heavy (non-hydrogen) atoms. The zero-order valence-corrected chi connectivity index (χ0v) is 13.0. The van der Waals surface area contributed by atoms with Crippen molar-refractivity contribution in [2.45, 2.75) is 19.2 Å². The standard InChI is InChI=1S/C15H12ClF3N2O3/c1-8(24-14(23)11-3-2-6-20-11)13(22)21-12-7-9(15(17,18)19)4-5-10(12)16/h2-8,20H,1H3,(H,21,22)/t8-/m0/s1. The number of hydrogen-bond donors (Lipinski definition) is 2. The lowest BCUT2D eigenvalue weighted by Crippen LogP contribution is -2.30. The lowest BCUT2D eigenvalue weighted by atomic mass is 10.2. The number of benzene rings is 1. The topological polar surface area (TPSA) is 71.2 Å². The number of H-pyrrole nitrogens is 1. The maximum atomic E-state index is 12.7. The van der Waals surface area contributed by atoms with Crippen molar-refractivity contribution in [2.75, 3.05) is 5.32 Å². The number of rotatable bonds is 4. The van der Waals surface area contributed by atoms with Crippen molar-refractivity contribution < 1.29 is 27.5 Å². The molecule has 0 radical (unpaired) electrons. The first-order valence-corrected chi connectivity index (χ1v) is 7.08. The van der Waals surface area contributed by atoms with Gasteiger partial charge in [-0.2, -0.15) is 13.2 Å². The Morgan fingerprint density at radius 2 is 2.00 bits per heavy atom. The largest absolute Gasteiger partial charge is 0.448 e. The van der Waals surface area contributed by atoms with Crippen LogP contribution >= 0.6 is 11.6 Å². The van der Waals surface area contributed by atoms with Gasteiger partial charge in [0.15, 0.2) is 6.10 Å². The maximum Gasteiger partial charge on any atom is 0.416 e. The Bertz CT molecular complexity index is 745. The first-order chi connectivity index (χ1) is 11.2. The zero-order chi connectivity index (χ0) is 17.9. The molecule has 1 heterocycles. The van der Waals surface area contributed by atoms with Crippen LogP contribution in [-0.4, -0.2) is 23.0 Å². The van der Waals surface area contributed by atoms with Gasteiger partial charge >= 0.3 is 12.1 Å². The molecule has 0 bridgehead atoms. The van der Waals surface area contributed by atoms with E-state index in [1.807, 2.05) is 0 Å². The van der Waals surface area contributed by atoms with Crippen LogP contribution in [0.15, 0.2) is 36.5 Å². The van der Waals surface area contributed by atoms with Gasteiger partial charge in [-0.3, -0.25) is 4.79 Å². The number of halogens is 4. The molecule has 0 unspecified atom stereocenters. The number of esters is 1. The third-order valence-corrected chi connectivity index (χ3v) is 3.35. The summed E-state index contributed by atoms with van der Waals surface area (Å²) in [6, 6.07) is 5.56. The Kier molecular flexibility index (Phi) is 5.18. The van der Waals surface area contributed by atoms with E-state index in [-0.39, 0.29) is 16.4 Å². The number of nitrogens with one attached hydrogen (secondary N) is 2. The molecule has 1 aromatic carbocycles. The SMILES string of the molecule is C[C@H](OC(=O)c1ccc[nH]1)C(=O)Nc1cc(C(F)(F)F)ccc1Cl. The van der Waals surface area contributed by atoms with Crippen molar-refractivity contribution in [1.82, 2.24) is 4.98 Å². The van der Waals surface area contributed by atoms with Crippen LogP contribution in [0.4, 0.5) is 18.9 Å². The molecular formula is C15H12ClF3N2O3. The third kappa shape index (κ3) is 4.29. The quantitative estimate of drug-likeness (QED) is 0.813. The maximum absolute atomic E-state index is 12.7. The van der Waals surface area contributed by atoms with E-state index in [9.17, 15) is 22.8 Å². The first kappa shape index (κ1) is 17.9. The van der Waals surface area contributed by atoms with Gasteiger partial charge in [-0.05, 0) is 37.3 Å². The number of carbonyl (C=O) groups excluding carboxylic acids is 2. The van der Waals surface area contributed by atoms with Gasteiger partial charge in [0.25, 0.3) is 5.91 Å². The molecule has 0 saturated heterocycles. The molecular weight excluding hydrogens is 349 g/mol. The van der Waals surface area contributed by atoms with Gasteiger partial charge in [0, 0.05) is 6.20 Å². The summed E-state index contributed by atoms with van der Waals surface area (Å²) in [7, 11) is 0. The number of alkyl halides is 3. The van der Waals surface area contributed by atoms with Crippen LogP contribution in [0.5, 0.6) is 0 Å². The molecule has 1 aromatic heterocycles. The van der Waals surface area contributed by atoms with E-state index in [1.54, 1.807) is 6.07 Å². The lowest BCUT2D eigenvalue weighted by molar-refractivity contribution is -0.137. The smallest absolute Gasteiger partial charge is 0.416 e. The summed E-state index contributed by atoms with van der Waals surface area (Å²) in [5.41, 5.74) is -1.04. The Balaban J connectivity index is 2.07. The highest BCUT2D eigenvalue weighted by Gasteiger charge is 2.31. The monoisotopic (exact) mass is 360 g/mol. The number of hydrogen-bond acceptors (Lipinski definition) is 3. The predicted octanol–water partition coefficient (Wildman–Crippen LogP) is 3.87. The van der Waals surface area contributed by atoms with Gasteiger partial charge in [-0.25, -0.2) is 4.79 Å². The highest BCUT2D eigenvalue weighted by molar-refractivity contribution is 6.33. The zero-order valence-electron chi connectivity index (χ0n) is 12.3. The summed E-state index contributed by atoms with van der Waals surface area (Å²) in [5, 5.41) is 2.14. The summed E-state index contributed by atoms with van der Waals surface area (Å²) in [6.45, 7) is 1.29. The van der Waals surface area contributed by atoms with Crippen molar-refractivity contribution in [1.29, 1.82) is 0 Å². The molecule has 0 aliphatic rings. The highest BCUT2D eigenvalue weighted by Crippen LogP contribution is 2.33. The van der Waals surface area contributed by atoms with Gasteiger partial charge < -0.3 is 15.0 Å². The molecule has 2 rings (SSSR count). The molecule has 2 N–H and O–H groups in total. The van der Waals surface area contributed by atoms with E-state index in [0.29, 0.717) is 6.07 Å². The number of amides is 1. The molecule has 0 saturated carbocycles. The van der Waals surface area contributed by atoms with E-state index >= 15 is 0 Å². The van der Waals surface area contributed by atoms with Gasteiger partial charge in [0.1, 0.15) is 5.69 Å². The molecule has 0 fully saturated rings. The molecule has 1 amide bonds. The van der Waals surface area contributed by atoms with Crippen LogP contribution in [0.25, 0.3) is 0 Å². The van der Waals surface area contributed by atoms with Crippen LogP contribution in [0.1, 0.15) is 23.0 Å². The molecule has 0 aliphatic carbocycles. The predicted molar refractivity (Wildman–Crippen MR) is 80.8 cm³/mol. The van der Waals surface area contributed by atoms with Gasteiger partial charge in [0.05, 0.1) is 16.3 Å². The summed E-state index contributed by atoms with van der Waals surface area (Å²) in [6.07, 6.45) is -4.30. The van der Waals surface area contributed by atoms with Crippen molar-refractivity contribution in [3.8, 4) is 0 Å². The van der Waals surface area contributed by atoms with E-state index in [2.05, 4.69) is 10.3 Å². The van der Waals surface area contributed by atoms with Crippen molar-refractivity contribution in [3.05, 3.63) is 52.8 Å². The van der Waals surface area contributed by atoms with E-state index in [1.165, 1.54) is 19.2 Å². The fourth-order valence-electron chi connectivity index (χ4n) is 1.77. The molecule has 0 spiro atoms. The summed E-state index contributed by atoms with van der Waals surface area (Å²) in [5.74, 6) is -1.58. The van der Waals surface area contributed by atoms with E-state index in [4.69, 9.17) is 16.3 Å². The summed E-state index contributed by atoms with van der Waals surface area (Å²) in [4.78, 5) is 26.3. The van der Waals surface area contributed by atoms with Crippen LogP contribution in [-0.2, 0) is 15.7 Å². The van der Waals surface area contributed by atoms with Crippen LogP contribution in [0, 0.1) is 0 Å². The van der Waals surface area contributed by atoms with Crippen LogP contribution < -0.4 is 5.32 Å². The molecule has 5 nitrogen and oxygen atoms in total. The van der Waals surface area contributed by atoms with Crippen molar-refractivity contribution >= 4 is 29.2 Å². The summed E-state index contributed by atoms with van der Waals surface area (Å²) >= 11 is 5.79. The average molecular weight is 361 g/mol. The fraction of sp³-hybridized carbons (Fsp3) is 0.200. The fourth-order valence-corrected chi connectivity index (χ4v) is 1.93. The van der Waals surface area contributed by atoms with E-state index < -0.39 is 29.7 Å². The van der Waals surface area contributed by atoms with E-state index in [0.717, 1.165) is 12.1 Å². The minimum atomic E-state index is -4.57. The average Bonchev–Trinajstić information content (AvgIpc) is 3.02. The Hall–Kier alpha value is -2.48. The second-order valence-electron chi connectivity index (χ2n) is 4.81. The van der Waals surface area contributed by atoms with Crippen LogP contribution in [0.2, 0.25) is 5.02 Å². The number of aromatic nitrogens is 1. The Labute approximate surface area is 139 Å². The molecule has 1 atom stereocenters. The molecule has 128 valence electrons. The lowest BCUT2D eigenvalue weighted by Gasteiger charge is -2.15. The number of aromatic amines is 1. The summed E-state index contributed by atoms with van der Waals surface area (Å²) < 4.78 is 43.0. The molecule has 2 aromatic rings. The minimum Gasteiger partial charge on any atom is -0.448 e. The number of anilines is 1. The van der Waals surface area contributed by atoms with Gasteiger partial charge in [0.2, 0.25) is 0 Å². The van der Waals surface area contributed by atoms with Crippen molar-refractivity contribution in [2.24, 2.45) is 0 Å². The first-order valence-electron chi connectivity index (χ1n) is 6.70. The Morgan fingerprint density at radius 1 is 1.29 bits per heavy atom. The number of carbonyl (C=O) groups is 2. The second-order valence-corrected chi connectivity index (χ2v) is 5.22. The molecule has 0 aliphatic heterocycles. The van der Waals surface area contributed by atoms with Crippen LogP contribution in [0.3, 0.4) is 0 Å². The van der Waals surface area contributed by atoms with Gasteiger partial charge in [-0.1, -0.05) is 11.6 Å². The normalized spacial score (nSPS) is 12.5. The third-order valence-electron chi connectivity index (χ3n) is 3.02. The van der Waals surface area contributed by atoms with Gasteiger partial charge in [-0.15, -0.1) is 0 Å². The molecule has 9 heteroatoms. The highest BCUT2D eigenvalue weighted by atomic mass is 35.5. The van der Waals surface area contributed by atoms with Crippen molar-refractivity contribution in [3.63, 3.8) is 0 Å². The number of ether oxygens (including phenoxy) is 1. The second kappa shape index (κ2) is 6.96.